The summed E-state index contributed by atoms with van der Waals surface area (Å²) in [5.74, 6) is 0.866. The highest BCUT2D eigenvalue weighted by Gasteiger charge is 2.11. The summed E-state index contributed by atoms with van der Waals surface area (Å²) in [7, 11) is 0. The van der Waals surface area contributed by atoms with Gasteiger partial charge in [-0.3, -0.25) is 0 Å². The van der Waals surface area contributed by atoms with E-state index in [9.17, 15) is 4.39 Å². The van der Waals surface area contributed by atoms with E-state index in [4.69, 9.17) is 10.5 Å². The average molecular weight is 225 g/mol. The third-order valence-corrected chi connectivity index (χ3v) is 2.45. The van der Waals surface area contributed by atoms with E-state index in [1.54, 1.807) is 18.2 Å². The van der Waals surface area contributed by atoms with Gasteiger partial charge in [-0.05, 0) is 31.0 Å². The van der Waals surface area contributed by atoms with Gasteiger partial charge in [-0.25, -0.2) is 4.39 Å². The minimum Gasteiger partial charge on any atom is -0.490 e. The molecule has 2 N–H and O–H groups in total. The Morgan fingerprint density at radius 2 is 2.00 bits per heavy atom. The maximum atomic E-state index is 13.3. The van der Waals surface area contributed by atoms with Gasteiger partial charge in [0.2, 0.25) is 0 Å². The van der Waals surface area contributed by atoms with Crippen LogP contribution in [0.2, 0.25) is 0 Å². The number of hydrogen-bond acceptors (Lipinski definition) is 2. The lowest BCUT2D eigenvalue weighted by Crippen LogP contribution is -2.23. The van der Waals surface area contributed by atoms with Crippen LogP contribution < -0.4 is 10.5 Å². The number of ether oxygens (including phenoxy) is 1. The van der Waals surface area contributed by atoms with Crippen LogP contribution in [-0.2, 0) is 0 Å². The van der Waals surface area contributed by atoms with E-state index in [-0.39, 0.29) is 5.82 Å². The molecule has 1 atom stereocenters. The zero-order valence-electron chi connectivity index (χ0n) is 9.95. The summed E-state index contributed by atoms with van der Waals surface area (Å²) < 4.78 is 18.7. The fraction of sp³-hybridized carbons (Fsp3) is 0.538. The molecule has 0 radical (unpaired) electrons. The van der Waals surface area contributed by atoms with Crippen molar-refractivity contribution in [3.8, 4) is 5.75 Å². The van der Waals surface area contributed by atoms with Crippen molar-refractivity contribution >= 4 is 0 Å². The molecule has 1 aromatic rings. The van der Waals surface area contributed by atoms with Gasteiger partial charge in [0.15, 0.2) is 11.6 Å². The summed E-state index contributed by atoms with van der Waals surface area (Å²) in [6.07, 6.45) is 1.00. The van der Waals surface area contributed by atoms with Gasteiger partial charge in [-0.2, -0.15) is 0 Å². The predicted molar refractivity (Wildman–Crippen MR) is 63.9 cm³/mol. The Labute approximate surface area is 96.6 Å². The van der Waals surface area contributed by atoms with Gasteiger partial charge in [-0.15, -0.1) is 0 Å². The molecular formula is C13H20FNO. The van der Waals surface area contributed by atoms with Gasteiger partial charge in [0, 0.05) is 5.92 Å². The van der Waals surface area contributed by atoms with Gasteiger partial charge in [0.25, 0.3) is 0 Å². The molecule has 0 bridgehead atoms. The van der Waals surface area contributed by atoms with E-state index in [1.807, 2.05) is 0 Å². The van der Waals surface area contributed by atoms with Crippen LogP contribution in [0.5, 0.6) is 5.75 Å². The zero-order chi connectivity index (χ0) is 12.0. The van der Waals surface area contributed by atoms with Gasteiger partial charge < -0.3 is 10.5 Å². The maximum Gasteiger partial charge on any atom is 0.165 e. The summed E-state index contributed by atoms with van der Waals surface area (Å²) in [5, 5.41) is 0. The van der Waals surface area contributed by atoms with Crippen LogP contribution >= 0.6 is 0 Å². The highest BCUT2D eigenvalue weighted by Crippen LogP contribution is 2.18. The Kier molecular flexibility index (Phi) is 5.26. The Balaban J connectivity index is 2.46. The Morgan fingerprint density at radius 3 is 2.56 bits per heavy atom. The van der Waals surface area contributed by atoms with Crippen molar-refractivity contribution < 1.29 is 9.13 Å². The third-order valence-electron chi connectivity index (χ3n) is 2.45. The molecule has 1 aromatic carbocycles. The topological polar surface area (TPSA) is 35.2 Å². The average Bonchev–Trinajstić information content (AvgIpc) is 2.25. The second-order valence-electron chi connectivity index (χ2n) is 4.47. The smallest absolute Gasteiger partial charge is 0.165 e. The van der Waals surface area contributed by atoms with E-state index in [2.05, 4.69) is 13.8 Å². The molecule has 0 heterocycles. The van der Waals surface area contributed by atoms with E-state index in [0.717, 1.165) is 6.42 Å². The van der Waals surface area contributed by atoms with Crippen molar-refractivity contribution in [2.24, 2.45) is 17.6 Å². The molecule has 0 aliphatic rings. The second-order valence-corrected chi connectivity index (χ2v) is 4.47. The van der Waals surface area contributed by atoms with Crippen LogP contribution in [0.15, 0.2) is 24.3 Å². The van der Waals surface area contributed by atoms with Crippen molar-refractivity contribution in [1.82, 2.24) is 0 Å². The monoisotopic (exact) mass is 225 g/mol. The molecule has 1 unspecified atom stereocenters. The van der Waals surface area contributed by atoms with Crippen LogP contribution in [0.4, 0.5) is 4.39 Å². The third kappa shape index (κ3) is 4.19. The van der Waals surface area contributed by atoms with Crippen LogP contribution in [0.25, 0.3) is 0 Å². The Morgan fingerprint density at radius 1 is 1.31 bits per heavy atom. The standard InChI is InChI=1S/C13H20FNO/c1-10(2)7-11(8-15)9-16-13-6-4-3-5-12(13)14/h3-6,10-11H,7-9,15H2,1-2H3. The minimum atomic E-state index is -0.317. The SMILES string of the molecule is CC(C)CC(CN)COc1ccccc1F. The normalized spacial score (nSPS) is 12.8. The quantitative estimate of drug-likeness (QED) is 0.808. The molecule has 0 aliphatic heterocycles. The molecule has 0 aromatic heterocycles. The van der Waals surface area contributed by atoms with Crippen molar-refractivity contribution in [2.45, 2.75) is 20.3 Å². The van der Waals surface area contributed by atoms with E-state index in [0.29, 0.717) is 30.7 Å². The molecule has 3 heteroatoms. The summed E-state index contributed by atoms with van der Waals surface area (Å²) in [6.45, 7) is 5.35. The lowest BCUT2D eigenvalue weighted by atomic mass is 9.98. The molecule has 1 rings (SSSR count). The van der Waals surface area contributed by atoms with Gasteiger partial charge >= 0.3 is 0 Å². The molecule has 0 saturated carbocycles. The lowest BCUT2D eigenvalue weighted by Gasteiger charge is -2.17. The number of rotatable bonds is 6. The van der Waals surface area contributed by atoms with Gasteiger partial charge in [-0.1, -0.05) is 26.0 Å². The van der Waals surface area contributed by atoms with Gasteiger partial charge in [0.05, 0.1) is 6.61 Å². The summed E-state index contributed by atoms with van der Waals surface area (Å²) in [6, 6.07) is 6.45. The van der Waals surface area contributed by atoms with Crippen LogP contribution in [0.1, 0.15) is 20.3 Å². The van der Waals surface area contributed by atoms with Crippen molar-refractivity contribution in [2.75, 3.05) is 13.2 Å². The first-order valence-electron chi connectivity index (χ1n) is 5.71. The number of halogens is 1. The number of para-hydroxylation sites is 1. The Bertz CT molecular complexity index is 315. The molecule has 2 nitrogen and oxygen atoms in total. The van der Waals surface area contributed by atoms with Crippen molar-refractivity contribution in [3.05, 3.63) is 30.1 Å². The van der Waals surface area contributed by atoms with Crippen LogP contribution in [0.3, 0.4) is 0 Å². The number of benzene rings is 1. The predicted octanol–water partition coefficient (Wildman–Crippen LogP) is 2.83. The molecule has 0 aliphatic carbocycles. The molecule has 16 heavy (non-hydrogen) atoms. The maximum absolute atomic E-state index is 13.3. The largest absolute Gasteiger partial charge is 0.490 e. The highest BCUT2D eigenvalue weighted by atomic mass is 19.1. The summed E-state index contributed by atoms with van der Waals surface area (Å²) in [5.41, 5.74) is 5.65. The Hall–Kier alpha value is -1.09. The first-order valence-corrected chi connectivity index (χ1v) is 5.71. The molecule has 90 valence electrons. The zero-order valence-corrected chi connectivity index (χ0v) is 9.95. The summed E-state index contributed by atoms with van der Waals surface area (Å²) >= 11 is 0. The van der Waals surface area contributed by atoms with Crippen LogP contribution in [0, 0.1) is 17.7 Å². The number of nitrogens with two attached hydrogens (primary N) is 1. The van der Waals surface area contributed by atoms with E-state index < -0.39 is 0 Å². The van der Waals surface area contributed by atoms with E-state index >= 15 is 0 Å². The van der Waals surface area contributed by atoms with Crippen LogP contribution in [-0.4, -0.2) is 13.2 Å². The second kappa shape index (κ2) is 6.48. The minimum absolute atomic E-state index is 0.291. The fourth-order valence-corrected chi connectivity index (χ4v) is 1.67. The molecule has 0 saturated heterocycles. The number of hydrogen-bond donors (Lipinski definition) is 1. The highest BCUT2D eigenvalue weighted by molar-refractivity contribution is 5.23. The lowest BCUT2D eigenvalue weighted by molar-refractivity contribution is 0.223. The van der Waals surface area contributed by atoms with Crippen molar-refractivity contribution in [3.63, 3.8) is 0 Å². The fourth-order valence-electron chi connectivity index (χ4n) is 1.67. The molecule has 0 amide bonds. The molecular weight excluding hydrogens is 205 g/mol. The first-order chi connectivity index (χ1) is 7.63. The molecule has 0 spiro atoms. The van der Waals surface area contributed by atoms with Crippen molar-refractivity contribution in [1.29, 1.82) is 0 Å². The van der Waals surface area contributed by atoms with E-state index in [1.165, 1.54) is 6.07 Å². The molecule has 0 fully saturated rings. The van der Waals surface area contributed by atoms with Gasteiger partial charge in [0.1, 0.15) is 0 Å². The summed E-state index contributed by atoms with van der Waals surface area (Å²) in [4.78, 5) is 0. The first kappa shape index (κ1) is 13.0.